The maximum absolute atomic E-state index is 12.2. The minimum atomic E-state index is 0. The lowest BCUT2D eigenvalue weighted by Gasteiger charge is -2.23. The van der Waals surface area contributed by atoms with Crippen LogP contribution in [0.2, 0.25) is 0 Å². The Hall–Kier alpha value is -0.280. The number of carbonyl (C=O) groups excluding carboxylic acids is 1. The average molecular weight is 301 g/mol. The molecule has 3 rings (SSSR count). The number of hydrogen-bond acceptors (Lipinski definition) is 2. The van der Waals surface area contributed by atoms with E-state index in [9.17, 15) is 4.79 Å². The Morgan fingerprint density at radius 2 is 1.90 bits per heavy atom. The molecule has 116 valence electrons. The smallest absolute Gasteiger partial charge is 0.223 e. The lowest BCUT2D eigenvalue weighted by Crippen LogP contribution is -2.38. The van der Waals surface area contributed by atoms with Crippen LogP contribution >= 0.6 is 12.4 Å². The van der Waals surface area contributed by atoms with E-state index in [0.29, 0.717) is 17.7 Å². The molecule has 20 heavy (non-hydrogen) atoms. The van der Waals surface area contributed by atoms with E-state index < -0.39 is 0 Å². The SMILES string of the molecule is Cl.O=C(NCC1CCCNC1)C1CC1C1CCCCC1. The zero-order valence-electron chi connectivity index (χ0n) is 12.4. The number of halogens is 1. The number of rotatable bonds is 4. The maximum Gasteiger partial charge on any atom is 0.223 e. The highest BCUT2D eigenvalue weighted by molar-refractivity contribution is 5.85. The Labute approximate surface area is 129 Å². The third-order valence-corrected chi connectivity index (χ3v) is 5.40. The van der Waals surface area contributed by atoms with Crippen molar-refractivity contribution in [1.82, 2.24) is 10.6 Å². The van der Waals surface area contributed by atoms with Crippen LogP contribution in [0.4, 0.5) is 0 Å². The Balaban J connectivity index is 0.00000147. The fraction of sp³-hybridized carbons (Fsp3) is 0.938. The van der Waals surface area contributed by atoms with E-state index in [0.717, 1.165) is 31.5 Å². The van der Waals surface area contributed by atoms with Crippen molar-refractivity contribution in [2.45, 2.75) is 51.4 Å². The van der Waals surface area contributed by atoms with Gasteiger partial charge in [0.1, 0.15) is 0 Å². The second-order valence-electron chi connectivity index (χ2n) is 6.86. The van der Waals surface area contributed by atoms with Crippen molar-refractivity contribution in [2.24, 2.45) is 23.7 Å². The minimum Gasteiger partial charge on any atom is -0.356 e. The second-order valence-corrected chi connectivity index (χ2v) is 6.86. The van der Waals surface area contributed by atoms with Gasteiger partial charge in [-0.2, -0.15) is 0 Å². The summed E-state index contributed by atoms with van der Waals surface area (Å²) in [6, 6.07) is 0. The molecule has 3 unspecified atom stereocenters. The predicted molar refractivity (Wildman–Crippen MR) is 84.0 cm³/mol. The topological polar surface area (TPSA) is 41.1 Å². The van der Waals surface area contributed by atoms with Crippen molar-refractivity contribution < 1.29 is 4.79 Å². The van der Waals surface area contributed by atoms with Crippen molar-refractivity contribution in [3.8, 4) is 0 Å². The largest absolute Gasteiger partial charge is 0.356 e. The van der Waals surface area contributed by atoms with E-state index in [1.54, 1.807) is 0 Å². The maximum atomic E-state index is 12.2. The molecule has 1 heterocycles. The molecule has 0 aromatic carbocycles. The van der Waals surface area contributed by atoms with Gasteiger partial charge in [0.2, 0.25) is 5.91 Å². The molecule has 1 aliphatic heterocycles. The van der Waals surface area contributed by atoms with Crippen molar-refractivity contribution in [2.75, 3.05) is 19.6 Å². The van der Waals surface area contributed by atoms with Crippen LogP contribution in [0.3, 0.4) is 0 Å². The first-order chi connectivity index (χ1) is 9.34. The molecule has 2 saturated carbocycles. The van der Waals surface area contributed by atoms with Crippen molar-refractivity contribution in [3.05, 3.63) is 0 Å². The normalized spacial score (nSPS) is 34.1. The fourth-order valence-corrected chi connectivity index (χ4v) is 4.07. The fourth-order valence-electron chi connectivity index (χ4n) is 4.07. The summed E-state index contributed by atoms with van der Waals surface area (Å²) >= 11 is 0. The summed E-state index contributed by atoms with van der Waals surface area (Å²) in [5.41, 5.74) is 0. The molecule has 3 aliphatic rings. The molecular formula is C16H29ClN2O. The minimum absolute atomic E-state index is 0. The summed E-state index contributed by atoms with van der Waals surface area (Å²) in [5, 5.41) is 6.62. The van der Waals surface area contributed by atoms with Crippen molar-refractivity contribution in [1.29, 1.82) is 0 Å². The molecule has 0 radical (unpaired) electrons. The monoisotopic (exact) mass is 300 g/mol. The highest BCUT2D eigenvalue weighted by Crippen LogP contribution is 2.49. The van der Waals surface area contributed by atoms with E-state index in [-0.39, 0.29) is 12.4 Å². The van der Waals surface area contributed by atoms with E-state index in [1.807, 2.05) is 0 Å². The number of hydrogen-bond donors (Lipinski definition) is 2. The third-order valence-electron chi connectivity index (χ3n) is 5.40. The Morgan fingerprint density at radius 3 is 2.60 bits per heavy atom. The Kier molecular flexibility index (Phi) is 6.16. The molecule has 4 heteroatoms. The van der Waals surface area contributed by atoms with Gasteiger partial charge in [0.05, 0.1) is 0 Å². The molecule has 3 nitrogen and oxygen atoms in total. The standard InChI is InChI=1S/C16H28N2O.ClH/c19-16(18-11-12-5-4-8-17-10-12)15-9-14(15)13-6-2-1-3-7-13;/h12-15,17H,1-11H2,(H,18,19);1H. The lowest BCUT2D eigenvalue weighted by molar-refractivity contribution is -0.123. The van der Waals surface area contributed by atoms with Crippen LogP contribution < -0.4 is 10.6 Å². The van der Waals surface area contributed by atoms with Crippen LogP contribution in [0, 0.1) is 23.7 Å². The second kappa shape index (κ2) is 7.65. The first-order valence-electron chi connectivity index (χ1n) is 8.33. The molecule has 3 atom stereocenters. The van der Waals surface area contributed by atoms with Gasteiger partial charge in [-0.15, -0.1) is 12.4 Å². The van der Waals surface area contributed by atoms with Gasteiger partial charge in [-0.1, -0.05) is 32.1 Å². The van der Waals surface area contributed by atoms with Gasteiger partial charge in [0.15, 0.2) is 0 Å². The molecule has 0 spiro atoms. The molecule has 2 aliphatic carbocycles. The van der Waals surface area contributed by atoms with Gasteiger partial charge >= 0.3 is 0 Å². The molecule has 0 bridgehead atoms. The molecule has 0 aromatic heterocycles. The predicted octanol–water partition coefficient (Wildman–Crippen LogP) is 2.74. The summed E-state index contributed by atoms with van der Waals surface area (Å²) in [7, 11) is 0. The molecule has 2 N–H and O–H groups in total. The van der Waals surface area contributed by atoms with Gasteiger partial charge < -0.3 is 10.6 Å². The molecule has 3 fully saturated rings. The summed E-state index contributed by atoms with van der Waals surface area (Å²) < 4.78 is 0. The van der Waals surface area contributed by atoms with E-state index in [4.69, 9.17) is 0 Å². The zero-order valence-corrected chi connectivity index (χ0v) is 13.2. The van der Waals surface area contributed by atoms with Crippen LogP contribution in [-0.2, 0) is 4.79 Å². The third kappa shape index (κ3) is 4.11. The zero-order chi connectivity index (χ0) is 13.1. The number of amides is 1. The summed E-state index contributed by atoms with van der Waals surface area (Å²) in [4.78, 5) is 12.2. The first-order valence-corrected chi connectivity index (χ1v) is 8.33. The van der Waals surface area contributed by atoms with Crippen LogP contribution in [-0.4, -0.2) is 25.5 Å². The van der Waals surface area contributed by atoms with Gasteiger partial charge in [-0.3, -0.25) is 4.79 Å². The Morgan fingerprint density at radius 1 is 1.10 bits per heavy atom. The summed E-state index contributed by atoms with van der Waals surface area (Å²) in [5.74, 6) is 2.95. The molecule has 1 saturated heterocycles. The highest BCUT2D eigenvalue weighted by Gasteiger charge is 2.47. The molecular weight excluding hydrogens is 272 g/mol. The van der Waals surface area contributed by atoms with Crippen molar-refractivity contribution in [3.63, 3.8) is 0 Å². The van der Waals surface area contributed by atoms with Gasteiger partial charge in [-0.25, -0.2) is 0 Å². The molecule has 0 aromatic rings. The van der Waals surface area contributed by atoms with Crippen LogP contribution in [0.5, 0.6) is 0 Å². The number of carbonyl (C=O) groups is 1. The molecule has 1 amide bonds. The summed E-state index contributed by atoms with van der Waals surface area (Å²) in [6.45, 7) is 3.12. The van der Waals surface area contributed by atoms with E-state index in [2.05, 4.69) is 10.6 Å². The first kappa shape index (κ1) is 16.1. The Bertz CT molecular complexity index is 312. The van der Waals surface area contributed by atoms with Crippen LogP contribution in [0.1, 0.15) is 51.4 Å². The number of piperidine rings is 1. The van der Waals surface area contributed by atoms with E-state index >= 15 is 0 Å². The van der Waals surface area contributed by atoms with Gasteiger partial charge in [-0.05, 0) is 50.1 Å². The van der Waals surface area contributed by atoms with Crippen molar-refractivity contribution >= 4 is 18.3 Å². The van der Waals surface area contributed by atoms with Crippen LogP contribution in [0.15, 0.2) is 0 Å². The number of nitrogens with one attached hydrogen (secondary N) is 2. The quantitative estimate of drug-likeness (QED) is 0.838. The summed E-state index contributed by atoms with van der Waals surface area (Å²) in [6.07, 6.45) is 10.6. The van der Waals surface area contributed by atoms with Gasteiger partial charge in [0.25, 0.3) is 0 Å². The highest BCUT2D eigenvalue weighted by atomic mass is 35.5. The average Bonchev–Trinajstić information content (AvgIpc) is 3.27. The van der Waals surface area contributed by atoms with Gasteiger partial charge in [0, 0.05) is 12.5 Å². The van der Waals surface area contributed by atoms with Crippen LogP contribution in [0.25, 0.3) is 0 Å². The lowest BCUT2D eigenvalue weighted by atomic mass is 9.85. The van der Waals surface area contributed by atoms with E-state index in [1.165, 1.54) is 51.4 Å².